The van der Waals surface area contributed by atoms with Crippen molar-refractivity contribution in [3.8, 4) is 5.75 Å². The Hall–Kier alpha value is -5.25. The second-order valence-electron chi connectivity index (χ2n) is 11.1. The highest BCUT2D eigenvalue weighted by molar-refractivity contribution is 7.84. The summed E-state index contributed by atoms with van der Waals surface area (Å²) in [7, 11) is -4.25. The summed E-state index contributed by atoms with van der Waals surface area (Å²) >= 11 is 0. The fourth-order valence-electron chi connectivity index (χ4n) is 5.76. The Kier molecular flexibility index (Phi) is 9.89. The van der Waals surface area contributed by atoms with Crippen LogP contribution < -0.4 is 14.6 Å². The second-order valence-corrected chi connectivity index (χ2v) is 12.2. The summed E-state index contributed by atoms with van der Waals surface area (Å²) in [5.41, 5.74) is 2.06. The SMILES string of the molecule is C=CCN1CC(=O)N2[C@@H](Cc3ccc(OS(N)(=O)=O)cc3)C(=O)N(Cc3cccc(C(=O)O)c3)C[C@@H]2N1C(=O)NCc1ccccc1. The zero-order valence-corrected chi connectivity index (χ0v) is 26.1. The number of urea groups is 1. The first-order valence-electron chi connectivity index (χ1n) is 14.6. The number of carbonyl (C=O) groups excluding carboxylic acids is 3. The number of hydrogen-bond donors (Lipinski definition) is 3. The van der Waals surface area contributed by atoms with Crippen LogP contribution in [0.15, 0.2) is 91.5 Å². The molecule has 246 valence electrons. The Morgan fingerprint density at radius 1 is 1.00 bits per heavy atom. The molecule has 2 aliphatic heterocycles. The predicted octanol–water partition coefficient (Wildman–Crippen LogP) is 1.70. The number of piperazine rings is 1. The molecule has 0 bridgehead atoms. The number of fused-ring (bicyclic) bond motifs is 1. The zero-order chi connectivity index (χ0) is 33.7. The van der Waals surface area contributed by atoms with Gasteiger partial charge in [0.1, 0.15) is 18.0 Å². The molecule has 4 amide bonds. The maximum Gasteiger partial charge on any atom is 0.380 e. The van der Waals surface area contributed by atoms with Crippen LogP contribution in [-0.2, 0) is 39.4 Å². The molecule has 4 N–H and O–H groups in total. The fourth-order valence-corrected chi connectivity index (χ4v) is 6.14. The van der Waals surface area contributed by atoms with Crippen LogP contribution in [0.25, 0.3) is 0 Å². The molecule has 2 heterocycles. The zero-order valence-electron chi connectivity index (χ0n) is 25.3. The van der Waals surface area contributed by atoms with Crippen molar-refractivity contribution in [2.24, 2.45) is 5.14 Å². The minimum Gasteiger partial charge on any atom is -0.478 e. The molecule has 0 aliphatic carbocycles. The third-order valence-electron chi connectivity index (χ3n) is 7.78. The standard InChI is InChI=1S/C32H34N6O8S/c1-2-15-36-21-29(39)37-27(17-22-11-13-26(14-12-22)46-47(33,44)45)30(40)35(19-24-9-6-10-25(16-24)31(41)42)20-28(37)38(36)32(43)34-18-23-7-4-3-5-8-23/h2-14,16,27-28H,1,15,17-21H2,(H,34,43)(H,41,42)(H2,33,44,45)/t27-,28-/m0/s1. The molecule has 47 heavy (non-hydrogen) atoms. The van der Waals surface area contributed by atoms with Crippen molar-refractivity contribution >= 4 is 34.1 Å². The molecule has 0 aromatic heterocycles. The minimum atomic E-state index is -4.25. The largest absolute Gasteiger partial charge is 0.478 e. The molecule has 3 aromatic carbocycles. The van der Waals surface area contributed by atoms with E-state index in [1.807, 2.05) is 30.3 Å². The van der Waals surface area contributed by atoms with Crippen molar-refractivity contribution in [1.82, 2.24) is 25.1 Å². The van der Waals surface area contributed by atoms with Gasteiger partial charge in [0.2, 0.25) is 11.8 Å². The van der Waals surface area contributed by atoms with Crippen LogP contribution >= 0.6 is 0 Å². The van der Waals surface area contributed by atoms with Gasteiger partial charge in [-0.15, -0.1) is 6.58 Å². The summed E-state index contributed by atoms with van der Waals surface area (Å²) in [4.78, 5) is 56.3. The highest BCUT2D eigenvalue weighted by atomic mass is 32.2. The van der Waals surface area contributed by atoms with Gasteiger partial charge < -0.3 is 24.4 Å². The van der Waals surface area contributed by atoms with Crippen LogP contribution in [-0.4, -0.2) is 89.0 Å². The number of hydrogen-bond acceptors (Lipinski definition) is 8. The molecule has 0 radical (unpaired) electrons. The molecule has 14 nitrogen and oxygen atoms in total. The number of carboxylic acids is 1. The number of nitrogens with zero attached hydrogens (tertiary/aromatic N) is 4. The molecule has 3 aromatic rings. The third-order valence-corrected chi connectivity index (χ3v) is 8.20. The summed E-state index contributed by atoms with van der Waals surface area (Å²) in [6.45, 7) is 3.97. The van der Waals surface area contributed by atoms with Gasteiger partial charge in [-0.3, -0.25) is 9.59 Å². The predicted molar refractivity (Wildman–Crippen MR) is 169 cm³/mol. The van der Waals surface area contributed by atoms with E-state index in [0.717, 1.165) is 5.56 Å². The van der Waals surface area contributed by atoms with E-state index in [0.29, 0.717) is 11.1 Å². The number of amides is 4. The number of nitrogens with one attached hydrogen (secondary N) is 1. The van der Waals surface area contributed by atoms with Crippen molar-refractivity contribution in [2.75, 3.05) is 19.6 Å². The van der Waals surface area contributed by atoms with Crippen molar-refractivity contribution in [3.63, 3.8) is 0 Å². The molecule has 15 heteroatoms. The number of aromatic carboxylic acids is 1. The molecule has 0 spiro atoms. The quantitative estimate of drug-likeness (QED) is 0.257. The summed E-state index contributed by atoms with van der Waals surface area (Å²) in [5, 5.41) is 20.4. The molecule has 2 atom stereocenters. The molecule has 2 fully saturated rings. The third kappa shape index (κ3) is 7.95. The lowest BCUT2D eigenvalue weighted by atomic mass is 9.98. The lowest BCUT2D eigenvalue weighted by Gasteiger charge is -2.55. The molecule has 2 saturated heterocycles. The smallest absolute Gasteiger partial charge is 0.380 e. The van der Waals surface area contributed by atoms with E-state index >= 15 is 0 Å². The van der Waals surface area contributed by atoms with Crippen molar-refractivity contribution < 1.29 is 36.9 Å². The van der Waals surface area contributed by atoms with Gasteiger partial charge in [-0.25, -0.2) is 19.6 Å². The molecular weight excluding hydrogens is 628 g/mol. The van der Waals surface area contributed by atoms with E-state index < -0.39 is 40.4 Å². The van der Waals surface area contributed by atoms with Gasteiger partial charge in [-0.05, 0) is 41.0 Å². The van der Waals surface area contributed by atoms with Crippen LogP contribution in [0.4, 0.5) is 4.79 Å². The summed E-state index contributed by atoms with van der Waals surface area (Å²) < 4.78 is 27.4. The van der Waals surface area contributed by atoms with Gasteiger partial charge in [0.15, 0.2) is 0 Å². The van der Waals surface area contributed by atoms with Crippen LogP contribution in [0.5, 0.6) is 5.75 Å². The van der Waals surface area contributed by atoms with Crippen molar-refractivity contribution in [3.05, 3.63) is 114 Å². The Morgan fingerprint density at radius 2 is 1.70 bits per heavy atom. The van der Waals surface area contributed by atoms with E-state index in [1.165, 1.54) is 39.1 Å². The Balaban J connectivity index is 1.50. The van der Waals surface area contributed by atoms with E-state index in [-0.39, 0.29) is 56.4 Å². The number of carboxylic acid groups (broad SMARTS) is 1. The van der Waals surface area contributed by atoms with Gasteiger partial charge >= 0.3 is 22.3 Å². The monoisotopic (exact) mass is 662 g/mol. The average molecular weight is 663 g/mol. The van der Waals surface area contributed by atoms with Crippen molar-refractivity contribution in [1.29, 1.82) is 0 Å². The lowest BCUT2D eigenvalue weighted by Crippen LogP contribution is -2.76. The van der Waals surface area contributed by atoms with Crippen LogP contribution in [0.2, 0.25) is 0 Å². The topological polar surface area (TPSA) is 183 Å². The first kappa shape index (κ1) is 33.1. The van der Waals surface area contributed by atoms with Crippen LogP contribution in [0, 0.1) is 0 Å². The Morgan fingerprint density at radius 3 is 2.36 bits per heavy atom. The Bertz CT molecular complexity index is 1770. The van der Waals surface area contributed by atoms with Gasteiger partial charge in [0, 0.05) is 26.1 Å². The summed E-state index contributed by atoms with van der Waals surface area (Å²) in [6.07, 6.45) is 0.692. The molecule has 0 saturated carbocycles. The van der Waals surface area contributed by atoms with Gasteiger partial charge in [-0.1, -0.05) is 60.7 Å². The summed E-state index contributed by atoms with van der Waals surface area (Å²) in [5.74, 6) is -1.92. The second kappa shape index (κ2) is 14.0. The maximum atomic E-state index is 14.1. The minimum absolute atomic E-state index is 0.0249. The number of nitrogens with two attached hydrogens (primary N) is 1. The van der Waals surface area contributed by atoms with E-state index in [4.69, 9.17) is 9.32 Å². The molecular formula is C32H34N6O8S. The van der Waals surface area contributed by atoms with Gasteiger partial charge in [0.25, 0.3) is 0 Å². The summed E-state index contributed by atoms with van der Waals surface area (Å²) in [6, 6.07) is 19.9. The van der Waals surface area contributed by atoms with Crippen LogP contribution in [0.1, 0.15) is 27.0 Å². The molecule has 2 aliphatic rings. The molecule has 0 unspecified atom stereocenters. The maximum absolute atomic E-state index is 14.1. The highest BCUT2D eigenvalue weighted by Gasteiger charge is 2.51. The fraction of sp³-hybridized carbons (Fsp3) is 0.250. The number of benzene rings is 3. The Labute approximate surface area is 271 Å². The average Bonchev–Trinajstić information content (AvgIpc) is 3.03. The van der Waals surface area contributed by atoms with Crippen molar-refractivity contribution in [2.45, 2.75) is 31.7 Å². The van der Waals surface area contributed by atoms with E-state index in [1.54, 1.807) is 35.4 Å². The number of carbonyl (C=O) groups is 4. The van der Waals surface area contributed by atoms with Crippen LogP contribution in [0.3, 0.4) is 0 Å². The van der Waals surface area contributed by atoms with Gasteiger partial charge in [-0.2, -0.15) is 13.6 Å². The molecule has 5 rings (SSSR count). The number of hydrazine groups is 1. The lowest BCUT2D eigenvalue weighted by molar-refractivity contribution is -0.189. The van der Waals surface area contributed by atoms with E-state index in [9.17, 15) is 32.7 Å². The normalized spacial score (nSPS) is 18.4. The highest BCUT2D eigenvalue weighted by Crippen LogP contribution is 2.30. The first-order chi connectivity index (χ1) is 22.4. The van der Waals surface area contributed by atoms with Gasteiger partial charge in [0.05, 0.1) is 18.7 Å². The number of rotatable bonds is 11. The first-order valence-corrected chi connectivity index (χ1v) is 16.1. The van der Waals surface area contributed by atoms with E-state index in [2.05, 4.69) is 11.9 Å².